The van der Waals surface area contributed by atoms with Gasteiger partial charge in [-0.15, -0.1) is 0 Å². The number of ether oxygens (including phenoxy) is 6. The zero-order valence-electron chi connectivity index (χ0n) is 55.4. The van der Waals surface area contributed by atoms with Crippen LogP contribution in [0.15, 0.2) is 109 Å². The Balaban J connectivity index is 1.31. The summed E-state index contributed by atoms with van der Waals surface area (Å²) in [5, 5.41) is 0. The van der Waals surface area contributed by atoms with Gasteiger partial charge >= 0.3 is 17.9 Å². The molecule has 6 aromatic rings. The van der Waals surface area contributed by atoms with Gasteiger partial charge in [-0.05, 0) is 149 Å². The molecule has 95 heavy (non-hydrogen) atoms. The lowest BCUT2D eigenvalue weighted by atomic mass is 10.1. The maximum atomic E-state index is 14.4. The van der Waals surface area contributed by atoms with Crippen LogP contribution in [0.4, 0.5) is 0 Å². The lowest BCUT2D eigenvalue weighted by Crippen LogP contribution is -2.45. The van der Waals surface area contributed by atoms with E-state index in [0.29, 0.717) is 127 Å². The van der Waals surface area contributed by atoms with E-state index in [-0.39, 0.29) is 62.0 Å². The van der Waals surface area contributed by atoms with Crippen molar-refractivity contribution in [2.24, 2.45) is 5.73 Å². The summed E-state index contributed by atoms with van der Waals surface area (Å²) in [5.41, 5.74) is 12.6. The number of aromatic nitrogens is 3. The fraction of sp³-hybridized carbons (Fsp3) is 0.400. The molecule has 0 saturated carbocycles. The number of esters is 3. The minimum atomic E-state index is -3.45. The van der Waals surface area contributed by atoms with Crippen LogP contribution in [0.2, 0.25) is 0 Å². The number of nitrogens with zero attached hydrogens (tertiary/aromatic N) is 6. The summed E-state index contributed by atoms with van der Waals surface area (Å²) in [4.78, 5) is 57.3. The maximum Gasteiger partial charge on any atom is 0.343 e. The summed E-state index contributed by atoms with van der Waals surface area (Å²) in [6.45, 7) is 14.0. The van der Waals surface area contributed by atoms with Crippen molar-refractivity contribution >= 4 is 56.3 Å². The van der Waals surface area contributed by atoms with E-state index in [9.17, 15) is 28.1 Å². The molecule has 4 heterocycles. The van der Waals surface area contributed by atoms with Crippen molar-refractivity contribution in [2.75, 3.05) is 120 Å². The zero-order valence-corrected chi connectivity index (χ0v) is 58.1. The predicted octanol–water partition coefficient (Wildman–Crippen LogP) is 7.75. The van der Waals surface area contributed by atoms with Gasteiger partial charge in [0.25, 0.3) is 0 Å². The van der Waals surface area contributed by atoms with E-state index in [1.165, 1.54) is 21.3 Å². The normalized spacial score (nSPS) is 15.5. The first-order valence-electron chi connectivity index (χ1n) is 31.2. The van der Waals surface area contributed by atoms with E-state index in [0.717, 1.165) is 19.3 Å². The van der Waals surface area contributed by atoms with E-state index in [4.69, 9.17) is 62.7 Å². The van der Waals surface area contributed by atoms with Crippen LogP contribution in [-0.2, 0) is 75.5 Å². The fourth-order valence-corrected chi connectivity index (χ4v) is 13.9. The molecule has 1 saturated heterocycles. The first-order valence-corrected chi connectivity index (χ1v) is 37.4. The second kappa shape index (κ2) is 36.8. The molecule has 22 nitrogen and oxygen atoms in total. The average Bonchev–Trinajstić information content (AvgIpc) is 1.40. The fourth-order valence-electron chi connectivity index (χ4n) is 10.0. The van der Waals surface area contributed by atoms with Gasteiger partial charge < -0.3 is 47.7 Å². The third-order valence-electron chi connectivity index (χ3n) is 14.9. The number of hydrogen-bond donors (Lipinski definition) is 1. The van der Waals surface area contributed by atoms with Crippen molar-refractivity contribution in [2.45, 2.75) is 65.7 Å². The van der Waals surface area contributed by atoms with Crippen molar-refractivity contribution in [3.8, 4) is 52.8 Å². The van der Waals surface area contributed by atoms with Gasteiger partial charge in [-0.1, -0.05) is 41.9 Å². The number of carbonyl (C=O) groups excluding carboxylic acids is 3. The van der Waals surface area contributed by atoms with Crippen molar-refractivity contribution in [3.63, 3.8) is 0 Å². The van der Waals surface area contributed by atoms with Gasteiger partial charge in [-0.25, -0.2) is 29.3 Å². The van der Waals surface area contributed by atoms with Crippen LogP contribution < -0.4 is 36.2 Å². The number of nitrogens with two attached hydrogens (primary N) is 1. The van der Waals surface area contributed by atoms with Crippen molar-refractivity contribution in [1.29, 1.82) is 0 Å². The molecule has 3 aromatic carbocycles. The molecule has 504 valence electrons. The number of unbranched alkanes of at least 4 members (excludes halogenated alkanes) is 1. The van der Waals surface area contributed by atoms with E-state index >= 15 is 0 Å². The smallest absolute Gasteiger partial charge is 0.343 e. The molecule has 1 fully saturated rings. The van der Waals surface area contributed by atoms with Crippen molar-refractivity contribution < 1.29 is 70.1 Å². The Morgan fingerprint density at radius 3 is 1.14 bits per heavy atom. The van der Waals surface area contributed by atoms with Crippen molar-refractivity contribution in [3.05, 3.63) is 160 Å². The summed E-state index contributed by atoms with van der Waals surface area (Å²) < 4.78 is 91.4. The molecule has 0 aliphatic carbocycles. The van der Waals surface area contributed by atoms with Crippen LogP contribution in [0.25, 0.3) is 0 Å². The minimum Gasteiger partial charge on any atom is -0.482 e. The maximum absolute atomic E-state index is 14.4. The lowest BCUT2D eigenvalue weighted by molar-refractivity contribution is -0.143. The molecular weight excluding hydrogens is 1270 g/mol. The number of hydrogen-bond acceptors (Lipinski definition) is 22. The lowest BCUT2D eigenvalue weighted by Gasteiger charge is -2.35. The molecular formula is C70H84N7O15P3. The highest BCUT2D eigenvalue weighted by Crippen LogP contribution is 2.42. The number of carbonyl (C=O) groups is 3. The Bertz CT molecular complexity index is 3930. The van der Waals surface area contributed by atoms with Crippen LogP contribution in [0, 0.1) is 35.5 Å². The van der Waals surface area contributed by atoms with Gasteiger partial charge in [0.1, 0.15) is 33.6 Å². The monoisotopic (exact) mass is 1360 g/mol. The van der Waals surface area contributed by atoms with Gasteiger partial charge in [0.05, 0.1) is 58.2 Å². The highest BCUT2D eigenvalue weighted by atomic mass is 31.2. The number of pyridine rings is 3. The molecule has 3 unspecified atom stereocenters. The summed E-state index contributed by atoms with van der Waals surface area (Å²) in [6.07, 6.45) is 2.33. The van der Waals surface area contributed by atoms with Gasteiger partial charge in [0, 0.05) is 112 Å². The van der Waals surface area contributed by atoms with Crippen LogP contribution in [0.5, 0.6) is 17.2 Å². The molecule has 0 amide bonds. The Labute approximate surface area is 557 Å². The van der Waals surface area contributed by atoms with Gasteiger partial charge in [0.15, 0.2) is 19.8 Å². The van der Waals surface area contributed by atoms with Crippen LogP contribution >= 0.6 is 22.1 Å². The Hall–Kier alpha value is -7.99. The first kappa shape index (κ1) is 74.4. The third-order valence-corrected chi connectivity index (χ3v) is 20.3. The summed E-state index contributed by atoms with van der Waals surface area (Å²) in [5.74, 6) is 19.4. The second-order valence-electron chi connectivity index (χ2n) is 22.2. The minimum absolute atomic E-state index is 0.113. The molecule has 4 atom stereocenters. The van der Waals surface area contributed by atoms with Crippen molar-refractivity contribution in [1.82, 2.24) is 29.7 Å². The molecule has 0 spiro atoms. The second-order valence-corrected chi connectivity index (χ2v) is 29.5. The van der Waals surface area contributed by atoms with E-state index in [2.05, 4.69) is 50.2 Å². The van der Waals surface area contributed by atoms with E-state index in [1.807, 2.05) is 18.2 Å². The third kappa shape index (κ3) is 24.0. The Morgan fingerprint density at radius 2 is 0.789 bits per heavy atom. The Kier molecular flexibility index (Phi) is 28.8. The summed E-state index contributed by atoms with van der Waals surface area (Å²) in [7, 11) is -6.46. The Morgan fingerprint density at radius 1 is 0.463 bits per heavy atom. The van der Waals surface area contributed by atoms with Gasteiger partial charge in [-0.3, -0.25) is 28.4 Å². The van der Waals surface area contributed by atoms with Crippen LogP contribution in [0.3, 0.4) is 0 Å². The topological polar surface area (TPSA) is 260 Å². The molecule has 7 rings (SSSR count). The highest BCUT2D eigenvalue weighted by molar-refractivity contribution is 7.66. The molecule has 3 aromatic heterocycles. The largest absolute Gasteiger partial charge is 0.482 e. The molecule has 0 bridgehead atoms. The predicted molar refractivity (Wildman–Crippen MR) is 365 cm³/mol. The summed E-state index contributed by atoms with van der Waals surface area (Å²) in [6, 6.07) is 31.7. The molecule has 1 aliphatic heterocycles. The SMILES string of the molecule is CCOP(C)(=O)c1cc(C#Cc2ccc(OCC(=O)OC)cc2)cc(CN2CCN(Cc3cc(C#Cc4ccc(OCC(=O)OC)cc4)cc(P(C)(=O)OCC)n3)C[C@H](CCCCN)N(Cc3cc(C#Cc4ccc(OCC(=O)OC)cc4)cc(P(C)(=O)OCC)n3)CC2)n1. The van der Waals surface area contributed by atoms with Crippen LogP contribution in [0.1, 0.15) is 90.5 Å². The van der Waals surface area contributed by atoms with E-state index < -0.39 is 40.0 Å². The molecule has 0 radical (unpaired) electrons. The highest BCUT2D eigenvalue weighted by Gasteiger charge is 2.30. The van der Waals surface area contributed by atoms with Gasteiger partial charge in [-0.2, -0.15) is 0 Å². The number of methoxy groups -OCH3 is 3. The quantitative estimate of drug-likeness (QED) is 0.0162. The van der Waals surface area contributed by atoms with Gasteiger partial charge in [0.2, 0.25) is 22.1 Å². The average molecular weight is 1360 g/mol. The van der Waals surface area contributed by atoms with E-state index in [1.54, 1.807) is 132 Å². The molecule has 25 heteroatoms. The summed E-state index contributed by atoms with van der Waals surface area (Å²) >= 11 is 0. The number of rotatable bonds is 28. The first-order chi connectivity index (χ1) is 45.6. The molecule has 2 N–H and O–H groups in total. The van der Waals surface area contributed by atoms with Crippen LogP contribution in [-0.4, -0.2) is 174 Å². The number of benzene rings is 3. The zero-order chi connectivity index (χ0) is 68.4. The molecule has 1 aliphatic rings. The standard InChI is InChI=1S/C70H84N7O15P3/c1-10-90-93(7,81)65-42-55(19-16-52-22-28-62(29-23-52)87-49-68(78)84-4)39-58(72-65)45-75-35-36-76(46-59-40-56(43-66(73-59)94(8,82)91-11-2)20-17-53-24-30-63(31-25-53)88-50-69(79)85-5)48-61(15-13-14-34-71)77(38-37-75)47-60-41-57(44-67(74-60)95(9,83)92-12-3)21-18-54-26-32-64(33-27-54)89-51-70(80)86-6/h22-33,39-44,61H,10-15,34-38,45-51,71H2,1-9H3/t61-,93?,94?,95?/m0/s1.